The summed E-state index contributed by atoms with van der Waals surface area (Å²) in [6.07, 6.45) is 1.73. The molecule has 0 saturated heterocycles. The first-order chi connectivity index (χ1) is 14.6. The molecule has 4 rings (SSSR count). The number of ether oxygens (including phenoxy) is 2. The predicted molar refractivity (Wildman–Crippen MR) is 116 cm³/mol. The normalized spacial score (nSPS) is 11.7. The van der Waals surface area contributed by atoms with Gasteiger partial charge in [0.15, 0.2) is 17.2 Å². The van der Waals surface area contributed by atoms with Crippen LogP contribution in [0.25, 0.3) is 22.3 Å². The van der Waals surface area contributed by atoms with Crippen molar-refractivity contribution in [3.05, 3.63) is 79.3 Å². The van der Waals surface area contributed by atoms with Crippen LogP contribution in [0.1, 0.15) is 19.4 Å². The minimum atomic E-state index is -0.464. The van der Waals surface area contributed by atoms with E-state index in [1.165, 1.54) is 4.52 Å². The fourth-order valence-corrected chi connectivity index (χ4v) is 3.90. The SMILES string of the molecule is CCOc1ccc(/C=c2\sc3nc(=O)c(-c4ccccc4)nn3c2=O)cc1OCC. The Balaban J connectivity index is 1.83. The van der Waals surface area contributed by atoms with Gasteiger partial charge in [0.25, 0.3) is 5.56 Å². The summed E-state index contributed by atoms with van der Waals surface area (Å²) in [5, 5.41) is 4.27. The van der Waals surface area contributed by atoms with E-state index < -0.39 is 5.56 Å². The highest BCUT2D eigenvalue weighted by molar-refractivity contribution is 7.15. The van der Waals surface area contributed by atoms with Crippen LogP contribution in [0.15, 0.2) is 58.1 Å². The Kier molecular flexibility index (Phi) is 5.58. The Morgan fingerprint density at radius 3 is 2.47 bits per heavy atom. The molecule has 0 unspecified atom stereocenters. The monoisotopic (exact) mass is 421 g/mol. The molecule has 0 N–H and O–H groups in total. The number of hydrogen-bond donors (Lipinski definition) is 0. The highest BCUT2D eigenvalue weighted by Crippen LogP contribution is 2.28. The Hall–Kier alpha value is -3.52. The summed E-state index contributed by atoms with van der Waals surface area (Å²) < 4.78 is 12.8. The largest absolute Gasteiger partial charge is 0.490 e. The summed E-state index contributed by atoms with van der Waals surface area (Å²) >= 11 is 1.12. The zero-order valence-electron chi connectivity index (χ0n) is 16.5. The van der Waals surface area contributed by atoms with Gasteiger partial charge >= 0.3 is 5.56 Å². The molecule has 2 aromatic carbocycles. The Morgan fingerprint density at radius 2 is 1.73 bits per heavy atom. The molecule has 0 saturated carbocycles. The molecular weight excluding hydrogens is 402 g/mol. The van der Waals surface area contributed by atoms with E-state index in [1.54, 1.807) is 30.3 Å². The highest BCUT2D eigenvalue weighted by atomic mass is 32.1. The zero-order chi connectivity index (χ0) is 21.1. The molecule has 7 nitrogen and oxygen atoms in total. The fourth-order valence-electron chi connectivity index (χ4n) is 2.99. The lowest BCUT2D eigenvalue weighted by atomic mass is 10.2. The number of rotatable bonds is 6. The van der Waals surface area contributed by atoms with Crippen LogP contribution in [0.2, 0.25) is 0 Å². The molecule has 0 bridgehead atoms. The molecule has 2 heterocycles. The van der Waals surface area contributed by atoms with Crippen LogP contribution in [0.3, 0.4) is 0 Å². The molecule has 8 heteroatoms. The highest BCUT2D eigenvalue weighted by Gasteiger charge is 2.13. The maximum absolute atomic E-state index is 12.9. The van der Waals surface area contributed by atoms with E-state index in [9.17, 15) is 9.59 Å². The van der Waals surface area contributed by atoms with E-state index in [1.807, 2.05) is 38.1 Å². The van der Waals surface area contributed by atoms with Crippen molar-refractivity contribution in [2.75, 3.05) is 13.2 Å². The van der Waals surface area contributed by atoms with Gasteiger partial charge in [-0.2, -0.15) is 14.6 Å². The molecule has 0 aliphatic heterocycles. The van der Waals surface area contributed by atoms with Gasteiger partial charge in [-0.3, -0.25) is 9.59 Å². The third kappa shape index (κ3) is 3.81. The molecule has 152 valence electrons. The van der Waals surface area contributed by atoms with Crippen LogP contribution in [0.5, 0.6) is 11.5 Å². The summed E-state index contributed by atoms with van der Waals surface area (Å²) in [5.74, 6) is 1.26. The number of thiazole rings is 1. The first-order valence-electron chi connectivity index (χ1n) is 9.51. The van der Waals surface area contributed by atoms with Crippen LogP contribution in [-0.4, -0.2) is 27.8 Å². The molecule has 30 heavy (non-hydrogen) atoms. The maximum atomic E-state index is 12.9. The lowest BCUT2D eigenvalue weighted by Gasteiger charge is -2.11. The van der Waals surface area contributed by atoms with Crippen molar-refractivity contribution in [3.8, 4) is 22.8 Å². The molecule has 0 spiro atoms. The van der Waals surface area contributed by atoms with Gasteiger partial charge in [-0.25, -0.2) is 0 Å². The van der Waals surface area contributed by atoms with E-state index in [2.05, 4.69) is 10.1 Å². The molecule has 0 atom stereocenters. The predicted octanol–water partition coefficient (Wildman–Crippen LogP) is 2.52. The van der Waals surface area contributed by atoms with E-state index in [-0.39, 0.29) is 16.2 Å². The number of nitrogens with zero attached hydrogens (tertiary/aromatic N) is 3. The molecule has 0 fully saturated rings. The topological polar surface area (TPSA) is 82.8 Å². The minimum Gasteiger partial charge on any atom is -0.490 e. The van der Waals surface area contributed by atoms with Crippen LogP contribution in [-0.2, 0) is 0 Å². The van der Waals surface area contributed by atoms with Crippen molar-refractivity contribution in [2.24, 2.45) is 0 Å². The smallest absolute Gasteiger partial charge is 0.300 e. The van der Waals surface area contributed by atoms with Crippen LogP contribution in [0.4, 0.5) is 0 Å². The first kappa shape index (κ1) is 19.8. The quantitative estimate of drug-likeness (QED) is 0.476. The maximum Gasteiger partial charge on any atom is 0.300 e. The van der Waals surface area contributed by atoms with Crippen molar-refractivity contribution >= 4 is 22.4 Å². The van der Waals surface area contributed by atoms with Gasteiger partial charge in [0, 0.05) is 5.56 Å². The standard InChI is InChI=1S/C22H19N3O4S/c1-3-28-16-11-10-14(12-17(16)29-4-2)13-18-21(27)25-22(30-18)23-20(26)19(24-25)15-8-6-5-7-9-15/h5-13H,3-4H2,1-2H3/b18-13-. The van der Waals surface area contributed by atoms with Gasteiger partial charge in [0.1, 0.15) is 0 Å². The van der Waals surface area contributed by atoms with Gasteiger partial charge in [-0.1, -0.05) is 47.7 Å². The van der Waals surface area contributed by atoms with E-state index in [0.29, 0.717) is 34.8 Å². The van der Waals surface area contributed by atoms with Gasteiger partial charge in [0.05, 0.1) is 17.7 Å². The number of hydrogen-bond acceptors (Lipinski definition) is 7. The zero-order valence-corrected chi connectivity index (χ0v) is 17.3. The lowest BCUT2D eigenvalue weighted by molar-refractivity contribution is 0.287. The van der Waals surface area contributed by atoms with Crippen LogP contribution in [0, 0.1) is 0 Å². The second-order valence-electron chi connectivity index (χ2n) is 6.31. The summed E-state index contributed by atoms with van der Waals surface area (Å²) in [7, 11) is 0. The van der Waals surface area contributed by atoms with E-state index >= 15 is 0 Å². The fraction of sp³-hybridized carbons (Fsp3) is 0.182. The summed E-state index contributed by atoms with van der Waals surface area (Å²) in [5.41, 5.74) is 0.750. The molecule has 0 aliphatic carbocycles. The number of aromatic nitrogens is 3. The summed E-state index contributed by atoms with van der Waals surface area (Å²) in [4.78, 5) is 29.6. The van der Waals surface area contributed by atoms with Crippen LogP contribution >= 0.6 is 11.3 Å². The molecule has 0 amide bonds. The van der Waals surface area contributed by atoms with Crippen molar-refractivity contribution in [1.82, 2.24) is 14.6 Å². The Morgan fingerprint density at radius 1 is 1.00 bits per heavy atom. The Labute approximate surface area is 175 Å². The van der Waals surface area contributed by atoms with Crippen LogP contribution < -0.4 is 25.1 Å². The van der Waals surface area contributed by atoms with Crippen molar-refractivity contribution in [3.63, 3.8) is 0 Å². The average Bonchev–Trinajstić information content (AvgIpc) is 3.04. The van der Waals surface area contributed by atoms with Gasteiger partial charge in [-0.05, 0) is 37.6 Å². The summed E-state index contributed by atoms with van der Waals surface area (Å²) in [6, 6.07) is 14.4. The molecule has 0 radical (unpaired) electrons. The van der Waals surface area contributed by atoms with Gasteiger partial charge in [-0.15, -0.1) is 0 Å². The van der Waals surface area contributed by atoms with Gasteiger partial charge < -0.3 is 9.47 Å². The third-order valence-electron chi connectivity index (χ3n) is 4.30. The number of benzene rings is 2. The molecule has 4 aromatic rings. The molecular formula is C22H19N3O4S. The second kappa shape index (κ2) is 8.46. The van der Waals surface area contributed by atoms with E-state index in [0.717, 1.165) is 16.9 Å². The average molecular weight is 421 g/mol. The minimum absolute atomic E-state index is 0.147. The van der Waals surface area contributed by atoms with Crippen molar-refractivity contribution in [1.29, 1.82) is 0 Å². The third-order valence-corrected chi connectivity index (χ3v) is 5.26. The van der Waals surface area contributed by atoms with Crippen molar-refractivity contribution in [2.45, 2.75) is 13.8 Å². The van der Waals surface area contributed by atoms with Gasteiger partial charge in [0.2, 0.25) is 4.96 Å². The lowest BCUT2D eigenvalue weighted by Crippen LogP contribution is -2.26. The van der Waals surface area contributed by atoms with E-state index in [4.69, 9.17) is 9.47 Å². The summed E-state index contributed by atoms with van der Waals surface area (Å²) in [6.45, 7) is 4.82. The number of fused-ring (bicyclic) bond motifs is 1. The molecule has 0 aliphatic rings. The first-order valence-corrected chi connectivity index (χ1v) is 10.3. The Bertz CT molecular complexity index is 1360. The second-order valence-corrected chi connectivity index (χ2v) is 7.32. The van der Waals surface area contributed by atoms with Crippen molar-refractivity contribution < 1.29 is 9.47 Å². The molecule has 2 aromatic heterocycles.